The van der Waals surface area contributed by atoms with Crippen LogP contribution in [0.2, 0.25) is 5.02 Å². The van der Waals surface area contributed by atoms with Crippen LogP contribution in [0.5, 0.6) is 0 Å². The molecule has 0 aliphatic carbocycles. The molecule has 0 bridgehead atoms. The third-order valence-electron chi connectivity index (χ3n) is 4.25. The number of hydrogen-bond donors (Lipinski definition) is 1. The van der Waals surface area contributed by atoms with Gasteiger partial charge in [-0.05, 0) is 30.3 Å². The summed E-state index contributed by atoms with van der Waals surface area (Å²) in [7, 11) is 0. The second kappa shape index (κ2) is 7.58. The Bertz CT molecular complexity index is 1320. The predicted octanol–water partition coefficient (Wildman–Crippen LogP) is 2.75. The van der Waals surface area contributed by atoms with Gasteiger partial charge in [0.1, 0.15) is 24.3 Å². The number of nitriles is 1. The van der Waals surface area contributed by atoms with Crippen molar-refractivity contribution in [3.63, 3.8) is 0 Å². The molecule has 142 valence electrons. The SMILES string of the molecule is N#Cc1ccc(Cl)cc1NC(=O)Cn1cnc2c(cnn2-c2ccccc2)c1=O. The second-order valence-corrected chi connectivity index (χ2v) is 6.59. The van der Waals surface area contributed by atoms with Gasteiger partial charge in [-0.1, -0.05) is 29.8 Å². The van der Waals surface area contributed by atoms with E-state index in [1.807, 2.05) is 36.4 Å². The molecule has 0 aliphatic rings. The number of anilines is 1. The van der Waals surface area contributed by atoms with Gasteiger partial charge in [-0.25, -0.2) is 9.67 Å². The Labute approximate surface area is 169 Å². The maximum Gasteiger partial charge on any atom is 0.264 e. The summed E-state index contributed by atoms with van der Waals surface area (Å²) in [5.74, 6) is -0.484. The van der Waals surface area contributed by atoms with Crippen LogP contribution < -0.4 is 10.9 Å². The average molecular weight is 405 g/mol. The molecule has 2 aromatic carbocycles. The van der Waals surface area contributed by atoms with Crippen LogP contribution in [0.15, 0.2) is 65.8 Å². The van der Waals surface area contributed by atoms with E-state index in [0.717, 1.165) is 5.69 Å². The lowest BCUT2D eigenvalue weighted by Gasteiger charge is -2.09. The fourth-order valence-electron chi connectivity index (χ4n) is 2.88. The van der Waals surface area contributed by atoms with Gasteiger partial charge < -0.3 is 5.32 Å². The first kappa shape index (κ1) is 18.4. The van der Waals surface area contributed by atoms with Gasteiger partial charge in [-0.15, -0.1) is 0 Å². The Morgan fingerprint density at radius 2 is 2.00 bits per heavy atom. The molecule has 4 rings (SSSR count). The summed E-state index contributed by atoms with van der Waals surface area (Å²) in [5.41, 5.74) is 1.34. The first-order valence-corrected chi connectivity index (χ1v) is 8.92. The highest BCUT2D eigenvalue weighted by Gasteiger charge is 2.14. The van der Waals surface area contributed by atoms with Gasteiger partial charge in [0.25, 0.3) is 5.56 Å². The summed E-state index contributed by atoms with van der Waals surface area (Å²) in [6.07, 6.45) is 2.73. The Hall–Kier alpha value is -3.96. The summed E-state index contributed by atoms with van der Waals surface area (Å²) < 4.78 is 2.75. The maximum atomic E-state index is 12.8. The first-order chi connectivity index (χ1) is 14.1. The van der Waals surface area contributed by atoms with E-state index in [2.05, 4.69) is 15.4 Å². The zero-order valence-corrected chi connectivity index (χ0v) is 15.7. The van der Waals surface area contributed by atoms with E-state index in [-0.39, 0.29) is 23.4 Å². The lowest BCUT2D eigenvalue weighted by atomic mass is 10.2. The maximum absolute atomic E-state index is 12.8. The van der Waals surface area contributed by atoms with E-state index >= 15 is 0 Å². The third kappa shape index (κ3) is 3.59. The zero-order valence-electron chi connectivity index (χ0n) is 14.9. The monoisotopic (exact) mass is 404 g/mol. The van der Waals surface area contributed by atoms with Gasteiger partial charge in [-0.3, -0.25) is 14.2 Å². The number of fused-ring (bicyclic) bond motifs is 1. The van der Waals surface area contributed by atoms with Crippen LogP contribution in [0.25, 0.3) is 16.7 Å². The minimum absolute atomic E-state index is 0.268. The zero-order chi connectivity index (χ0) is 20.4. The number of nitrogens with one attached hydrogen (secondary N) is 1. The van der Waals surface area contributed by atoms with Crippen molar-refractivity contribution >= 4 is 34.2 Å². The van der Waals surface area contributed by atoms with E-state index in [0.29, 0.717) is 16.1 Å². The molecule has 0 saturated carbocycles. The largest absolute Gasteiger partial charge is 0.323 e. The van der Waals surface area contributed by atoms with Gasteiger partial charge in [-0.2, -0.15) is 10.4 Å². The lowest BCUT2D eigenvalue weighted by molar-refractivity contribution is -0.116. The molecule has 0 saturated heterocycles. The third-order valence-corrected chi connectivity index (χ3v) is 4.48. The van der Waals surface area contributed by atoms with E-state index in [1.54, 1.807) is 10.7 Å². The molecule has 8 nitrogen and oxygen atoms in total. The van der Waals surface area contributed by atoms with Gasteiger partial charge in [0.05, 0.1) is 23.1 Å². The number of halogens is 1. The smallest absolute Gasteiger partial charge is 0.264 e. The molecule has 1 N–H and O–H groups in total. The molecule has 2 heterocycles. The van der Waals surface area contributed by atoms with Crippen LogP contribution in [0.3, 0.4) is 0 Å². The standard InChI is InChI=1S/C20H13ClN6O2/c21-14-7-6-13(9-22)17(8-14)25-18(28)11-26-12-23-19-16(20(26)29)10-24-27(19)15-4-2-1-3-5-15/h1-8,10,12H,11H2,(H,25,28). The topological polar surface area (TPSA) is 106 Å². The van der Waals surface area contributed by atoms with Crippen molar-refractivity contribution in [1.82, 2.24) is 19.3 Å². The summed E-state index contributed by atoms with van der Waals surface area (Å²) >= 11 is 5.93. The molecule has 29 heavy (non-hydrogen) atoms. The highest BCUT2D eigenvalue weighted by Crippen LogP contribution is 2.20. The number of para-hydroxylation sites is 1. The average Bonchev–Trinajstić information content (AvgIpc) is 3.16. The van der Waals surface area contributed by atoms with Gasteiger partial charge in [0, 0.05) is 5.02 Å². The molecule has 0 spiro atoms. The fraction of sp³-hybridized carbons (Fsp3) is 0.0500. The van der Waals surface area contributed by atoms with Crippen molar-refractivity contribution in [1.29, 1.82) is 5.26 Å². The molecule has 0 atom stereocenters. The Kier molecular flexibility index (Phi) is 4.81. The molecule has 9 heteroatoms. The molecule has 4 aromatic rings. The molecular weight excluding hydrogens is 392 g/mol. The number of benzene rings is 2. The fourth-order valence-corrected chi connectivity index (χ4v) is 3.05. The van der Waals surface area contributed by atoms with Crippen LogP contribution in [-0.2, 0) is 11.3 Å². The van der Waals surface area contributed by atoms with Crippen LogP contribution in [0.1, 0.15) is 5.56 Å². The summed E-state index contributed by atoms with van der Waals surface area (Å²) in [6.45, 7) is -0.268. The summed E-state index contributed by atoms with van der Waals surface area (Å²) in [6, 6.07) is 15.8. The number of nitrogens with zero attached hydrogens (tertiary/aromatic N) is 5. The van der Waals surface area contributed by atoms with Crippen LogP contribution in [0, 0.1) is 11.3 Å². The Morgan fingerprint density at radius 1 is 1.21 bits per heavy atom. The van der Waals surface area contributed by atoms with Crippen molar-refractivity contribution in [2.24, 2.45) is 0 Å². The molecular formula is C20H13ClN6O2. The van der Waals surface area contributed by atoms with E-state index < -0.39 is 5.91 Å². The summed E-state index contributed by atoms with van der Waals surface area (Å²) in [5, 5.41) is 16.7. The van der Waals surface area contributed by atoms with Gasteiger partial charge in [0.2, 0.25) is 5.91 Å². The van der Waals surface area contributed by atoms with Gasteiger partial charge >= 0.3 is 0 Å². The minimum Gasteiger partial charge on any atom is -0.323 e. The molecule has 0 fully saturated rings. The Morgan fingerprint density at radius 3 is 2.76 bits per heavy atom. The van der Waals surface area contributed by atoms with Crippen LogP contribution in [-0.4, -0.2) is 25.2 Å². The van der Waals surface area contributed by atoms with Crippen molar-refractivity contribution < 1.29 is 4.79 Å². The van der Waals surface area contributed by atoms with Crippen molar-refractivity contribution in [3.8, 4) is 11.8 Å². The number of aromatic nitrogens is 4. The normalized spacial score (nSPS) is 10.6. The molecule has 2 aromatic heterocycles. The van der Waals surface area contributed by atoms with Crippen LogP contribution >= 0.6 is 11.6 Å². The number of rotatable bonds is 4. The van der Waals surface area contributed by atoms with E-state index in [4.69, 9.17) is 16.9 Å². The molecule has 1 amide bonds. The minimum atomic E-state index is -0.484. The first-order valence-electron chi connectivity index (χ1n) is 8.55. The lowest BCUT2D eigenvalue weighted by Crippen LogP contribution is -2.28. The van der Waals surface area contributed by atoms with E-state index in [1.165, 1.54) is 29.2 Å². The van der Waals surface area contributed by atoms with Crippen molar-refractivity contribution in [3.05, 3.63) is 82.0 Å². The van der Waals surface area contributed by atoms with Crippen LogP contribution in [0.4, 0.5) is 5.69 Å². The summed E-state index contributed by atoms with van der Waals surface area (Å²) in [4.78, 5) is 29.5. The number of carbonyl (C=O) groups is 1. The van der Waals surface area contributed by atoms with Crippen molar-refractivity contribution in [2.45, 2.75) is 6.54 Å². The molecule has 0 unspecified atom stereocenters. The quantitative estimate of drug-likeness (QED) is 0.563. The number of amides is 1. The van der Waals surface area contributed by atoms with Crippen molar-refractivity contribution in [2.75, 3.05) is 5.32 Å². The highest BCUT2D eigenvalue weighted by molar-refractivity contribution is 6.31. The van der Waals surface area contributed by atoms with E-state index in [9.17, 15) is 9.59 Å². The second-order valence-electron chi connectivity index (χ2n) is 6.16. The van der Waals surface area contributed by atoms with Gasteiger partial charge in [0.15, 0.2) is 5.65 Å². The Balaban J connectivity index is 1.62. The predicted molar refractivity (Wildman–Crippen MR) is 108 cm³/mol. The number of carbonyl (C=O) groups excluding carboxylic acids is 1. The molecule has 0 radical (unpaired) electrons. The highest BCUT2D eigenvalue weighted by atomic mass is 35.5. The number of hydrogen-bond acceptors (Lipinski definition) is 5. The molecule has 0 aliphatic heterocycles.